The van der Waals surface area contributed by atoms with Gasteiger partial charge in [0.05, 0.1) is 0 Å². The van der Waals surface area contributed by atoms with Crippen molar-refractivity contribution in [3.8, 4) is 0 Å². The van der Waals surface area contributed by atoms with E-state index in [1.54, 1.807) is 6.92 Å². The highest BCUT2D eigenvalue weighted by atomic mass is 32.1. The molecule has 0 atom stereocenters. The zero-order chi connectivity index (χ0) is 11.8. The number of aryl methyl sites for hydroxylation is 1. The van der Waals surface area contributed by atoms with Gasteiger partial charge < -0.3 is 10.1 Å². The summed E-state index contributed by atoms with van der Waals surface area (Å²) >= 11 is 4.96. The van der Waals surface area contributed by atoms with E-state index in [1.165, 1.54) is 0 Å². The van der Waals surface area contributed by atoms with E-state index in [4.69, 9.17) is 17.3 Å². The second-order valence-corrected chi connectivity index (χ2v) is 4.83. The Morgan fingerprint density at radius 2 is 2.00 bits per heavy atom. The van der Waals surface area contributed by atoms with Crippen LogP contribution in [0.1, 0.15) is 42.6 Å². The van der Waals surface area contributed by atoms with Crippen molar-refractivity contribution in [1.82, 2.24) is 9.97 Å². The summed E-state index contributed by atoms with van der Waals surface area (Å²) in [6.45, 7) is 7.65. The maximum Gasteiger partial charge on any atom is 0.340 e. The molecule has 0 aliphatic rings. The zero-order valence-corrected chi connectivity index (χ0v) is 10.0. The number of carboxylic acid groups (broad SMARTS) is 1. The van der Waals surface area contributed by atoms with Gasteiger partial charge in [-0.05, 0) is 6.92 Å². The van der Waals surface area contributed by atoms with E-state index in [0.717, 1.165) is 0 Å². The molecule has 2 N–H and O–H groups in total. The third kappa shape index (κ3) is 2.41. The molecule has 0 spiro atoms. The first-order chi connectivity index (χ1) is 6.73. The van der Waals surface area contributed by atoms with Gasteiger partial charge >= 0.3 is 5.97 Å². The van der Waals surface area contributed by atoms with Crippen molar-refractivity contribution in [2.45, 2.75) is 33.1 Å². The first-order valence-corrected chi connectivity index (χ1v) is 4.99. The van der Waals surface area contributed by atoms with E-state index < -0.39 is 5.97 Å². The number of aromatic carboxylic acids is 1. The van der Waals surface area contributed by atoms with E-state index in [0.29, 0.717) is 11.5 Å². The molecule has 0 unspecified atom stereocenters. The van der Waals surface area contributed by atoms with Crippen molar-refractivity contribution in [3.63, 3.8) is 0 Å². The Morgan fingerprint density at radius 1 is 1.47 bits per heavy atom. The minimum absolute atomic E-state index is 0.0815. The number of rotatable bonds is 1. The Bertz CT molecular complexity index is 457. The molecule has 0 aromatic carbocycles. The van der Waals surface area contributed by atoms with E-state index in [1.807, 2.05) is 20.8 Å². The lowest BCUT2D eigenvalue weighted by Gasteiger charge is -2.18. The summed E-state index contributed by atoms with van der Waals surface area (Å²) in [6, 6.07) is 0. The summed E-state index contributed by atoms with van der Waals surface area (Å²) in [6.07, 6.45) is 0. The van der Waals surface area contributed by atoms with E-state index >= 15 is 0 Å². The average Bonchev–Trinajstić information content (AvgIpc) is 1.99. The highest BCUT2D eigenvalue weighted by Gasteiger charge is 2.20. The van der Waals surface area contributed by atoms with E-state index in [-0.39, 0.29) is 15.6 Å². The maximum atomic E-state index is 10.9. The number of hydrogen-bond donors (Lipinski definition) is 2. The average molecular weight is 226 g/mol. The second kappa shape index (κ2) is 3.73. The summed E-state index contributed by atoms with van der Waals surface area (Å²) in [5.41, 5.74) is 0.459. The maximum absolute atomic E-state index is 10.9. The predicted molar refractivity (Wildman–Crippen MR) is 59.8 cm³/mol. The molecule has 82 valence electrons. The molecule has 0 amide bonds. The number of H-pyrrole nitrogens is 1. The monoisotopic (exact) mass is 226 g/mol. The molecular formula is C10H14N2O2S. The zero-order valence-electron chi connectivity index (χ0n) is 9.21. The van der Waals surface area contributed by atoms with Crippen LogP contribution in [0.15, 0.2) is 0 Å². The van der Waals surface area contributed by atoms with E-state index in [2.05, 4.69) is 9.97 Å². The van der Waals surface area contributed by atoms with Gasteiger partial charge in [-0.25, -0.2) is 9.78 Å². The number of aromatic amines is 1. The molecule has 1 heterocycles. The minimum atomic E-state index is -1.04. The van der Waals surface area contributed by atoms with Crippen LogP contribution in [0.25, 0.3) is 0 Å². The molecular weight excluding hydrogens is 212 g/mol. The predicted octanol–water partition coefficient (Wildman–Crippen LogP) is 2.44. The molecule has 0 saturated carbocycles. The van der Waals surface area contributed by atoms with Crippen molar-refractivity contribution < 1.29 is 9.90 Å². The first kappa shape index (κ1) is 11.8. The Balaban J connectivity index is 3.46. The van der Waals surface area contributed by atoms with Gasteiger partial charge in [-0.2, -0.15) is 0 Å². The lowest BCUT2D eigenvalue weighted by Crippen LogP contribution is -2.19. The van der Waals surface area contributed by atoms with Crippen molar-refractivity contribution in [2.75, 3.05) is 0 Å². The fourth-order valence-corrected chi connectivity index (χ4v) is 1.52. The van der Waals surface area contributed by atoms with Crippen LogP contribution in [0.4, 0.5) is 0 Å². The molecule has 0 fully saturated rings. The fourth-order valence-electron chi connectivity index (χ4n) is 1.19. The lowest BCUT2D eigenvalue weighted by molar-refractivity contribution is 0.0694. The topological polar surface area (TPSA) is 66.0 Å². The number of nitrogens with one attached hydrogen (secondary N) is 1. The number of nitrogens with zero attached hydrogens (tertiary/aromatic N) is 1. The quantitative estimate of drug-likeness (QED) is 0.722. The normalized spacial score (nSPS) is 11.5. The van der Waals surface area contributed by atoms with Crippen LogP contribution in [0.5, 0.6) is 0 Å². The van der Waals surface area contributed by atoms with Gasteiger partial charge in [0.25, 0.3) is 0 Å². The third-order valence-electron chi connectivity index (χ3n) is 2.03. The minimum Gasteiger partial charge on any atom is -0.478 e. The van der Waals surface area contributed by atoms with Crippen molar-refractivity contribution >= 4 is 18.2 Å². The van der Waals surface area contributed by atoms with Crippen LogP contribution in [-0.2, 0) is 5.41 Å². The number of carboxylic acids is 1. The Hall–Kier alpha value is -1.23. The lowest BCUT2D eigenvalue weighted by atomic mass is 9.95. The van der Waals surface area contributed by atoms with Gasteiger partial charge in [0.15, 0.2) is 0 Å². The van der Waals surface area contributed by atoms with Crippen LogP contribution in [0.3, 0.4) is 0 Å². The molecule has 0 radical (unpaired) electrons. The number of hydrogen-bond acceptors (Lipinski definition) is 3. The highest BCUT2D eigenvalue weighted by molar-refractivity contribution is 7.71. The molecule has 15 heavy (non-hydrogen) atoms. The van der Waals surface area contributed by atoms with Gasteiger partial charge in [-0.3, -0.25) is 0 Å². The van der Waals surface area contributed by atoms with Gasteiger partial charge in [0, 0.05) is 11.1 Å². The first-order valence-electron chi connectivity index (χ1n) is 4.58. The molecule has 1 aromatic heterocycles. The fraction of sp³-hybridized carbons (Fsp3) is 0.500. The Kier molecular flexibility index (Phi) is 2.95. The second-order valence-electron chi connectivity index (χ2n) is 4.45. The summed E-state index contributed by atoms with van der Waals surface area (Å²) in [4.78, 5) is 18.0. The van der Waals surface area contributed by atoms with Crippen molar-refractivity contribution in [3.05, 3.63) is 21.7 Å². The van der Waals surface area contributed by atoms with Gasteiger partial charge in [-0.15, -0.1) is 0 Å². The van der Waals surface area contributed by atoms with Crippen LogP contribution in [-0.4, -0.2) is 21.0 Å². The molecule has 0 aliphatic heterocycles. The molecule has 4 nitrogen and oxygen atoms in total. The van der Waals surface area contributed by atoms with Crippen molar-refractivity contribution in [1.29, 1.82) is 0 Å². The van der Waals surface area contributed by atoms with Gasteiger partial charge in [-0.1, -0.05) is 33.0 Å². The van der Waals surface area contributed by atoms with Gasteiger partial charge in [0.2, 0.25) is 0 Å². The van der Waals surface area contributed by atoms with E-state index in [9.17, 15) is 4.79 Å². The standard InChI is InChI=1S/C10H14N2O2S/c1-5-6(8(13)14)7(15)12-9(11-5)10(2,3)4/h1-4H3,(H,13,14)(H,11,12,15). The van der Waals surface area contributed by atoms with Crippen LogP contribution < -0.4 is 0 Å². The Labute approximate surface area is 93.4 Å². The molecule has 0 bridgehead atoms. The molecule has 1 rings (SSSR count). The van der Waals surface area contributed by atoms with Crippen LogP contribution in [0, 0.1) is 11.6 Å². The largest absolute Gasteiger partial charge is 0.478 e. The number of carbonyl (C=O) groups is 1. The summed E-state index contributed by atoms with van der Waals surface area (Å²) in [5.74, 6) is -0.336. The van der Waals surface area contributed by atoms with Crippen LogP contribution >= 0.6 is 12.2 Å². The Morgan fingerprint density at radius 3 is 2.33 bits per heavy atom. The number of aromatic nitrogens is 2. The molecule has 0 saturated heterocycles. The summed E-state index contributed by atoms with van der Waals surface area (Å²) < 4.78 is 0.142. The highest BCUT2D eigenvalue weighted by Crippen LogP contribution is 2.19. The van der Waals surface area contributed by atoms with Gasteiger partial charge in [0.1, 0.15) is 16.0 Å². The van der Waals surface area contributed by atoms with Crippen LogP contribution in [0.2, 0.25) is 0 Å². The smallest absolute Gasteiger partial charge is 0.340 e. The molecule has 1 aromatic rings. The summed E-state index contributed by atoms with van der Waals surface area (Å²) in [5, 5.41) is 8.91. The van der Waals surface area contributed by atoms with Crippen molar-refractivity contribution in [2.24, 2.45) is 0 Å². The molecule has 0 aliphatic carbocycles. The SMILES string of the molecule is Cc1[nH]c(C(C)(C)C)nc(=S)c1C(=O)O. The summed E-state index contributed by atoms with van der Waals surface area (Å²) in [7, 11) is 0. The third-order valence-corrected chi connectivity index (χ3v) is 2.33. The molecule has 5 heteroatoms.